The summed E-state index contributed by atoms with van der Waals surface area (Å²) < 4.78 is 0. The molecule has 21 heavy (non-hydrogen) atoms. The molecule has 0 heterocycles. The lowest BCUT2D eigenvalue weighted by Gasteiger charge is -2.22. The highest BCUT2D eigenvalue weighted by atomic mass is 32.1. The van der Waals surface area contributed by atoms with Crippen LogP contribution in [0, 0.1) is 17.3 Å². The molecule has 0 radical (unpaired) electrons. The summed E-state index contributed by atoms with van der Waals surface area (Å²) in [5.41, 5.74) is 7.14. The van der Waals surface area contributed by atoms with E-state index < -0.39 is 5.92 Å². The van der Waals surface area contributed by atoms with E-state index >= 15 is 0 Å². The fraction of sp³-hybridized carbons (Fsp3) is 0.529. The van der Waals surface area contributed by atoms with Gasteiger partial charge in [0, 0.05) is 6.54 Å². The van der Waals surface area contributed by atoms with Crippen LogP contribution < -0.4 is 11.1 Å². The molecule has 0 saturated heterocycles. The van der Waals surface area contributed by atoms with Crippen molar-refractivity contribution in [3.8, 4) is 0 Å². The highest BCUT2D eigenvalue weighted by Crippen LogP contribution is 2.51. The molecule has 0 aliphatic heterocycles. The van der Waals surface area contributed by atoms with Crippen LogP contribution in [0.3, 0.4) is 0 Å². The smallest absolute Gasteiger partial charge is 0.230 e. The first kappa shape index (κ1) is 16.0. The van der Waals surface area contributed by atoms with Gasteiger partial charge in [-0.2, -0.15) is 0 Å². The van der Waals surface area contributed by atoms with Crippen LogP contribution in [0.5, 0.6) is 0 Å². The topological polar surface area (TPSA) is 55.1 Å². The average Bonchev–Trinajstić information content (AvgIpc) is 3.24. The molecule has 1 fully saturated rings. The summed E-state index contributed by atoms with van der Waals surface area (Å²) in [5.74, 6) is 0.124. The van der Waals surface area contributed by atoms with Gasteiger partial charge in [0.05, 0.1) is 10.9 Å². The predicted molar refractivity (Wildman–Crippen MR) is 89.9 cm³/mol. The van der Waals surface area contributed by atoms with Gasteiger partial charge in [-0.15, -0.1) is 0 Å². The summed E-state index contributed by atoms with van der Waals surface area (Å²) in [6, 6.07) is 9.87. The van der Waals surface area contributed by atoms with Gasteiger partial charge in [0.1, 0.15) is 0 Å². The van der Waals surface area contributed by atoms with E-state index in [9.17, 15) is 4.79 Å². The van der Waals surface area contributed by atoms with Crippen molar-refractivity contribution < 1.29 is 4.79 Å². The van der Waals surface area contributed by atoms with Gasteiger partial charge in [-0.1, -0.05) is 56.4 Å². The van der Waals surface area contributed by atoms with Crippen LogP contribution in [-0.2, 0) is 11.2 Å². The van der Waals surface area contributed by atoms with Crippen LogP contribution in [0.2, 0.25) is 0 Å². The number of thiocarbonyl (C=S) groups is 1. The molecular formula is C17H24N2OS. The van der Waals surface area contributed by atoms with Crippen LogP contribution >= 0.6 is 12.2 Å². The summed E-state index contributed by atoms with van der Waals surface area (Å²) in [5, 5.41) is 3.06. The summed E-state index contributed by atoms with van der Waals surface area (Å²) in [4.78, 5) is 12.7. The minimum atomic E-state index is -0.426. The van der Waals surface area contributed by atoms with E-state index in [4.69, 9.17) is 18.0 Å². The summed E-state index contributed by atoms with van der Waals surface area (Å²) in [7, 11) is 0. The average molecular weight is 304 g/mol. The van der Waals surface area contributed by atoms with E-state index in [0.29, 0.717) is 17.8 Å². The lowest BCUT2D eigenvalue weighted by molar-refractivity contribution is -0.123. The maximum atomic E-state index is 12.4. The van der Waals surface area contributed by atoms with Gasteiger partial charge in [-0.3, -0.25) is 4.79 Å². The fourth-order valence-corrected chi connectivity index (χ4v) is 2.87. The first-order valence-corrected chi connectivity index (χ1v) is 7.96. The molecule has 0 spiro atoms. The van der Waals surface area contributed by atoms with Gasteiger partial charge in [0.25, 0.3) is 0 Å². The fourth-order valence-electron chi connectivity index (χ4n) is 2.68. The third-order valence-corrected chi connectivity index (χ3v) is 4.96. The molecule has 1 amide bonds. The van der Waals surface area contributed by atoms with E-state index in [2.05, 4.69) is 19.2 Å². The number of nitrogens with one attached hydrogen (secondary N) is 1. The van der Waals surface area contributed by atoms with E-state index in [1.54, 1.807) is 0 Å². The highest BCUT2D eigenvalue weighted by Gasteiger charge is 2.45. The van der Waals surface area contributed by atoms with Crippen molar-refractivity contribution in [1.82, 2.24) is 5.32 Å². The van der Waals surface area contributed by atoms with Gasteiger partial charge >= 0.3 is 0 Å². The lowest BCUT2D eigenvalue weighted by atomic mass is 9.92. The van der Waals surface area contributed by atoms with Crippen molar-refractivity contribution in [2.75, 3.05) is 6.54 Å². The first-order chi connectivity index (χ1) is 9.94. The first-order valence-electron chi connectivity index (χ1n) is 7.55. The summed E-state index contributed by atoms with van der Waals surface area (Å²) >= 11 is 5.08. The van der Waals surface area contributed by atoms with Crippen molar-refractivity contribution in [2.24, 2.45) is 23.0 Å². The molecule has 114 valence electrons. The SMILES string of the molecule is CC(C)C1(CNC(=O)C(Cc2ccccc2)C(N)=S)CC1. The summed E-state index contributed by atoms with van der Waals surface area (Å²) in [6.07, 6.45) is 2.96. The number of rotatable bonds is 7. The molecule has 0 bridgehead atoms. The van der Waals surface area contributed by atoms with Gasteiger partial charge < -0.3 is 11.1 Å². The Bertz CT molecular complexity index is 509. The monoisotopic (exact) mass is 304 g/mol. The largest absolute Gasteiger partial charge is 0.393 e. The molecule has 1 aromatic carbocycles. The molecule has 1 unspecified atom stereocenters. The predicted octanol–water partition coefficient (Wildman–Crippen LogP) is 2.68. The summed E-state index contributed by atoms with van der Waals surface area (Å²) in [6.45, 7) is 5.17. The van der Waals surface area contributed by atoms with Crippen LogP contribution in [0.25, 0.3) is 0 Å². The third-order valence-electron chi connectivity index (χ3n) is 4.67. The maximum absolute atomic E-state index is 12.4. The van der Waals surface area contributed by atoms with Gasteiger partial charge in [0.2, 0.25) is 5.91 Å². The molecule has 1 aliphatic rings. The van der Waals surface area contributed by atoms with Crippen molar-refractivity contribution >= 4 is 23.1 Å². The van der Waals surface area contributed by atoms with Crippen molar-refractivity contribution in [3.05, 3.63) is 35.9 Å². The van der Waals surface area contributed by atoms with Crippen LogP contribution in [0.4, 0.5) is 0 Å². The zero-order chi connectivity index (χ0) is 15.5. The molecule has 2 rings (SSSR count). The molecule has 1 saturated carbocycles. The Morgan fingerprint density at radius 3 is 2.43 bits per heavy atom. The van der Waals surface area contributed by atoms with Gasteiger partial charge in [-0.05, 0) is 36.2 Å². The Kier molecular flexibility index (Phi) is 4.99. The van der Waals surface area contributed by atoms with Gasteiger partial charge in [0.15, 0.2) is 0 Å². The molecule has 3 nitrogen and oxygen atoms in total. The molecule has 4 heteroatoms. The highest BCUT2D eigenvalue weighted by molar-refractivity contribution is 7.80. The Morgan fingerprint density at radius 2 is 1.95 bits per heavy atom. The Labute approximate surface area is 132 Å². The van der Waals surface area contributed by atoms with E-state index in [-0.39, 0.29) is 10.9 Å². The second kappa shape index (κ2) is 6.56. The number of hydrogen-bond acceptors (Lipinski definition) is 2. The minimum Gasteiger partial charge on any atom is -0.393 e. The molecule has 1 aliphatic carbocycles. The molecule has 3 N–H and O–H groups in total. The second-order valence-electron chi connectivity index (χ2n) is 6.38. The Morgan fingerprint density at radius 1 is 1.33 bits per heavy atom. The van der Waals surface area contributed by atoms with Gasteiger partial charge in [-0.25, -0.2) is 0 Å². The third kappa shape index (κ3) is 4.03. The van der Waals surface area contributed by atoms with Crippen LogP contribution in [-0.4, -0.2) is 17.4 Å². The van der Waals surface area contributed by atoms with Crippen molar-refractivity contribution in [2.45, 2.75) is 33.1 Å². The number of carbonyl (C=O) groups excluding carboxylic acids is 1. The minimum absolute atomic E-state index is 0.0433. The zero-order valence-electron chi connectivity index (χ0n) is 12.8. The van der Waals surface area contributed by atoms with E-state index in [1.165, 1.54) is 12.8 Å². The maximum Gasteiger partial charge on any atom is 0.230 e. The molecule has 1 atom stereocenters. The number of carbonyl (C=O) groups is 1. The number of nitrogens with two attached hydrogens (primary N) is 1. The second-order valence-corrected chi connectivity index (χ2v) is 6.85. The standard InChI is InChI=1S/C17H24N2OS/c1-12(2)17(8-9-17)11-19-16(20)14(15(18)21)10-13-6-4-3-5-7-13/h3-7,12,14H,8-11H2,1-2H3,(H2,18,21)(H,19,20). The van der Waals surface area contributed by atoms with E-state index in [0.717, 1.165) is 12.1 Å². The quantitative estimate of drug-likeness (QED) is 0.762. The Hall–Kier alpha value is -1.42. The van der Waals surface area contributed by atoms with Crippen molar-refractivity contribution in [3.63, 3.8) is 0 Å². The van der Waals surface area contributed by atoms with Crippen molar-refractivity contribution in [1.29, 1.82) is 0 Å². The molecule has 1 aromatic rings. The van der Waals surface area contributed by atoms with Crippen LogP contribution in [0.15, 0.2) is 30.3 Å². The lowest BCUT2D eigenvalue weighted by Crippen LogP contribution is -2.42. The van der Waals surface area contributed by atoms with E-state index in [1.807, 2.05) is 30.3 Å². The molecular weight excluding hydrogens is 280 g/mol. The normalized spacial score (nSPS) is 17.3. The number of amides is 1. The zero-order valence-corrected chi connectivity index (χ0v) is 13.6. The Balaban J connectivity index is 1.95. The number of hydrogen-bond donors (Lipinski definition) is 2. The molecule has 0 aromatic heterocycles. The number of benzene rings is 1. The van der Waals surface area contributed by atoms with Crippen LogP contribution in [0.1, 0.15) is 32.3 Å².